The van der Waals surface area contributed by atoms with E-state index >= 15 is 0 Å². The molecule has 21 heavy (non-hydrogen) atoms. The second-order valence-electron chi connectivity index (χ2n) is 5.55. The van der Waals surface area contributed by atoms with E-state index in [1.165, 1.54) is 0 Å². The fraction of sp³-hybridized carbons (Fsp3) is 0.500. The largest absolute Gasteiger partial charge is 0.427 e. The normalized spacial score (nSPS) is 12.6. The minimum absolute atomic E-state index is 0.383. The SMILES string of the molecule is CCC(C)(C)C(=O)OCOC(=O)C(N)Cc1ccccc1. The molecule has 5 heteroatoms. The molecule has 1 unspecified atom stereocenters. The van der Waals surface area contributed by atoms with Crippen LogP contribution in [-0.4, -0.2) is 24.8 Å². The second-order valence-corrected chi connectivity index (χ2v) is 5.55. The third-order valence-electron chi connectivity index (χ3n) is 3.43. The van der Waals surface area contributed by atoms with Gasteiger partial charge in [-0.25, -0.2) is 0 Å². The van der Waals surface area contributed by atoms with Gasteiger partial charge in [-0.05, 0) is 32.3 Å². The molecule has 0 aliphatic carbocycles. The van der Waals surface area contributed by atoms with Crippen LogP contribution in [0.5, 0.6) is 0 Å². The van der Waals surface area contributed by atoms with Gasteiger partial charge < -0.3 is 15.2 Å². The monoisotopic (exact) mass is 293 g/mol. The van der Waals surface area contributed by atoms with Crippen molar-refractivity contribution in [2.45, 2.75) is 39.7 Å². The van der Waals surface area contributed by atoms with Gasteiger partial charge in [-0.2, -0.15) is 0 Å². The van der Waals surface area contributed by atoms with Gasteiger partial charge in [0.15, 0.2) is 0 Å². The van der Waals surface area contributed by atoms with E-state index in [1.807, 2.05) is 37.3 Å². The van der Waals surface area contributed by atoms with Crippen LogP contribution < -0.4 is 5.73 Å². The first-order chi connectivity index (χ1) is 9.86. The molecule has 0 fully saturated rings. The molecular weight excluding hydrogens is 270 g/mol. The number of esters is 2. The van der Waals surface area contributed by atoms with E-state index in [2.05, 4.69) is 0 Å². The summed E-state index contributed by atoms with van der Waals surface area (Å²) in [4.78, 5) is 23.4. The molecule has 0 amide bonds. The minimum atomic E-state index is -0.773. The third-order valence-corrected chi connectivity index (χ3v) is 3.43. The summed E-state index contributed by atoms with van der Waals surface area (Å²) in [5, 5.41) is 0. The summed E-state index contributed by atoms with van der Waals surface area (Å²) in [5.41, 5.74) is 6.13. The molecule has 1 rings (SSSR count). The van der Waals surface area contributed by atoms with Crippen molar-refractivity contribution in [2.24, 2.45) is 11.1 Å². The molecule has 0 radical (unpaired) electrons. The molecule has 1 atom stereocenters. The topological polar surface area (TPSA) is 78.6 Å². The molecule has 0 aromatic heterocycles. The molecule has 0 aliphatic heterocycles. The number of rotatable bonds is 7. The van der Waals surface area contributed by atoms with Crippen LogP contribution in [-0.2, 0) is 25.5 Å². The molecule has 5 nitrogen and oxygen atoms in total. The third kappa shape index (κ3) is 5.55. The lowest BCUT2D eigenvalue weighted by Gasteiger charge is -2.20. The maximum Gasteiger partial charge on any atom is 0.326 e. The lowest BCUT2D eigenvalue weighted by molar-refractivity contribution is -0.174. The van der Waals surface area contributed by atoms with Crippen LogP contribution in [0.25, 0.3) is 0 Å². The highest BCUT2D eigenvalue weighted by atomic mass is 16.7. The number of carbonyl (C=O) groups excluding carboxylic acids is 2. The number of hydrogen-bond acceptors (Lipinski definition) is 5. The molecule has 1 aromatic carbocycles. The van der Waals surface area contributed by atoms with Crippen molar-refractivity contribution >= 4 is 11.9 Å². The first-order valence-corrected chi connectivity index (χ1v) is 7.00. The Bertz CT molecular complexity index is 470. The fourth-order valence-corrected chi connectivity index (χ4v) is 1.54. The quantitative estimate of drug-likeness (QED) is 0.615. The van der Waals surface area contributed by atoms with Crippen LogP contribution in [0, 0.1) is 5.41 Å². The van der Waals surface area contributed by atoms with Gasteiger partial charge >= 0.3 is 11.9 Å². The number of ether oxygens (including phenoxy) is 2. The summed E-state index contributed by atoms with van der Waals surface area (Å²) in [7, 11) is 0. The number of benzene rings is 1. The molecule has 0 saturated carbocycles. The van der Waals surface area contributed by atoms with Crippen LogP contribution >= 0.6 is 0 Å². The Morgan fingerprint density at radius 2 is 1.81 bits per heavy atom. The van der Waals surface area contributed by atoms with Crippen LogP contribution in [0.2, 0.25) is 0 Å². The van der Waals surface area contributed by atoms with E-state index in [9.17, 15) is 9.59 Å². The van der Waals surface area contributed by atoms with Crippen molar-refractivity contribution in [1.29, 1.82) is 0 Å². The molecule has 116 valence electrons. The van der Waals surface area contributed by atoms with Crippen molar-refractivity contribution in [1.82, 2.24) is 0 Å². The maximum atomic E-state index is 11.7. The standard InChI is InChI=1S/C16H23NO4/c1-4-16(2,3)15(19)21-11-20-14(18)13(17)10-12-8-6-5-7-9-12/h5-9,13H,4,10-11,17H2,1-3H3. The maximum absolute atomic E-state index is 11.7. The highest BCUT2D eigenvalue weighted by Gasteiger charge is 2.27. The van der Waals surface area contributed by atoms with Gasteiger partial charge in [0.1, 0.15) is 6.04 Å². The zero-order valence-corrected chi connectivity index (χ0v) is 12.8. The Morgan fingerprint density at radius 3 is 2.38 bits per heavy atom. The van der Waals surface area contributed by atoms with Gasteiger partial charge in [-0.15, -0.1) is 0 Å². The smallest absolute Gasteiger partial charge is 0.326 e. The fourth-order valence-electron chi connectivity index (χ4n) is 1.54. The van der Waals surface area contributed by atoms with Gasteiger partial charge in [-0.3, -0.25) is 9.59 Å². The Morgan fingerprint density at radius 1 is 1.19 bits per heavy atom. The molecule has 0 heterocycles. The predicted octanol–water partition coefficient (Wildman–Crippen LogP) is 2.04. The second kappa shape index (κ2) is 7.78. The number of nitrogens with two attached hydrogens (primary N) is 1. The molecule has 0 bridgehead atoms. The summed E-state index contributed by atoms with van der Waals surface area (Å²) < 4.78 is 9.81. The van der Waals surface area contributed by atoms with Crippen molar-refractivity contribution in [3.63, 3.8) is 0 Å². The minimum Gasteiger partial charge on any atom is -0.427 e. The van der Waals surface area contributed by atoms with E-state index < -0.39 is 30.2 Å². The summed E-state index contributed by atoms with van der Waals surface area (Å²) >= 11 is 0. The lowest BCUT2D eigenvalue weighted by Crippen LogP contribution is -2.35. The zero-order valence-electron chi connectivity index (χ0n) is 12.8. The Balaban J connectivity index is 2.35. The summed E-state index contributed by atoms with van der Waals surface area (Å²) in [6.45, 7) is 5.04. The van der Waals surface area contributed by atoms with Crippen molar-refractivity contribution in [2.75, 3.05) is 6.79 Å². The first-order valence-electron chi connectivity index (χ1n) is 7.00. The molecular formula is C16H23NO4. The van der Waals surface area contributed by atoms with Crippen molar-refractivity contribution < 1.29 is 19.1 Å². The van der Waals surface area contributed by atoms with Gasteiger partial charge in [0, 0.05) is 0 Å². The van der Waals surface area contributed by atoms with Crippen LogP contribution in [0.15, 0.2) is 30.3 Å². The van der Waals surface area contributed by atoms with Crippen LogP contribution in [0.3, 0.4) is 0 Å². The lowest BCUT2D eigenvalue weighted by atomic mass is 9.91. The molecule has 2 N–H and O–H groups in total. The van der Waals surface area contributed by atoms with Crippen LogP contribution in [0.1, 0.15) is 32.8 Å². The summed E-state index contributed by atoms with van der Waals surface area (Å²) in [6, 6.07) is 8.64. The average Bonchev–Trinajstić information content (AvgIpc) is 2.47. The van der Waals surface area contributed by atoms with Crippen molar-refractivity contribution in [3.05, 3.63) is 35.9 Å². The number of hydrogen-bond donors (Lipinski definition) is 1. The molecule has 1 aromatic rings. The highest BCUT2D eigenvalue weighted by Crippen LogP contribution is 2.21. The Labute approximate surface area is 125 Å². The van der Waals surface area contributed by atoms with E-state index in [0.717, 1.165) is 5.56 Å². The molecule has 0 aliphatic rings. The summed E-state index contributed by atoms with van der Waals surface area (Å²) in [5.74, 6) is -0.976. The zero-order chi connectivity index (χ0) is 15.9. The predicted molar refractivity (Wildman–Crippen MR) is 79.2 cm³/mol. The summed E-state index contributed by atoms with van der Waals surface area (Å²) in [6.07, 6.45) is 1.03. The highest BCUT2D eigenvalue weighted by molar-refractivity contribution is 5.77. The van der Waals surface area contributed by atoms with E-state index in [1.54, 1.807) is 13.8 Å². The van der Waals surface area contributed by atoms with E-state index in [0.29, 0.717) is 12.8 Å². The van der Waals surface area contributed by atoms with Crippen LogP contribution in [0.4, 0.5) is 0 Å². The van der Waals surface area contributed by atoms with Gasteiger partial charge in [-0.1, -0.05) is 37.3 Å². The van der Waals surface area contributed by atoms with Gasteiger partial charge in [0.2, 0.25) is 6.79 Å². The van der Waals surface area contributed by atoms with E-state index in [4.69, 9.17) is 15.2 Å². The average molecular weight is 293 g/mol. The molecule has 0 spiro atoms. The Hall–Kier alpha value is -1.88. The van der Waals surface area contributed by atoms with Gasteiger partial charge in [0.25, 0.3) is 0 Å². The van der Waals surface area contributed by atoms with E-state index in [-0.39, 0.29) is 0 Å². The Kier molecular flexibility index (Phi) is 6.37. The first kappa shape index (κ1) is 17.2. The van der Waals surface area contributed by atoms with Gasteiger partial charge in [0.05, 0.1) is 5.41 Å². The molecule has 0 saturated heterocycles. The number of carbonyl (C=O) groups is 2. The van der Waals surface area contributed by atoms with Crippen molar-refractivity contribution in [3.8, 4) is 0 Å².